The predicted octanol–water partition coefficient (Wildman–Crippen LogP) is 0.603. The first kappa shape index (κ1) is 8.38. The molecule has 2 heterocycles. The Bertz CT molecular complexity index is 301. The van der Waals surface area contributed by atoms with Crippen LogP contribution in [0.4, 0.5) is 0 Å². The van der Waals surface area contributed by atoms with Gasteiger partial charge in [-0.15, -0.1) is 5.10 Å². The molecular weight excluding hydrogens is 182 g/mol. The maximum atomic E-state index is 7.03. The third-order valence-electron chi connectivity index (χ3n) is 2.05. The van der Waals surface area contributed by atoms with Crippen molar-refractivity contribution in [3.05, 3.63) is 11.9 Å². The molecule has 2 rings (SSSR count). The molecule has 5 heteroatoms. The zero-order valence-electron chi connectivity index (χ0n) is 9.06. The van der Waals surface area contributed by atoms with Gasteiger partial charge in [0.05, 0.1) is 26.0 Å². The first-order valence-electron chi connectivity index (χ1n) is 5.47. The number of aryl methyl sites for hydroxylation is 1. The number of nitrogens with zero attached hydrogens (tertiary/aromatic N) is 3. The van der Waals surface area contributed by atoms with Gasteiger partial charge in [0.25, 0.3) is 0 Å². The van der Waals surface area contributed by atoms with E-state index in [0.717, 1.165) is 18.7 Å². The Balaban J connectivity index is 1.73. The fourth-order valence-corrected chi connectivity index (χ4v) is 1.19. The molecule has 0 amide bonds. The Kier molecular flexibility index (Phi) is 2.71. The van der Waals surface area contributed by atoms with Crippen molar-refractivity contribution in [1.82, 2.24) is 15.0 Å². The van der Waals surface area contributed by atoms with Gasteiger partial charge in [0.2, 0.25) is 0 Å². The normalized spacial score (nSPS) is 17.9. The summed E-state index contributed by atoms with van der Waals surface area (Å²) in [6, 6.07) is 0. The zero-order valence-corrected chi connectivity index (χ0v) is 8.06. The van der Waals surface area contributed by atoms with E-state index in [1.165, 1.54) is 0 Å². The highest BCUT2D eigenvalue weighted by Gasteiger charge is 2.19. The van der Waals surface area contributed by atoms with Crippen molar-refractivity contribution in [3.63, 3.8) is 0 Å². The van der Waals surface area contributed by atoms with Crippen molar-refractivity contribution >= 4 is 0 Å². The van der Waals surface area contributed by atoms with E-state index in [-0.39, 0.29) is 6.10 Å². The molecule has 5 nitrogen and oxygen atoms in total. The van der Waals surface area contributed by atoms with Crippen LogP contribution in [0, 0.1) is 0 Å². The molecule has 0 bridgehead atoms. The Hall–Kier alpha value is -0.940. The van der Waals surface area contributed by atoms with Crippen LogP contribution in [-0.4, -0.2) is 34.3 Å². The van der Waals surface area contributed by atoms with Gasteiger partial charge in [-0.3, -0.25) is 4.68 Å². The zero-order chi connectivity index (χ0) is 10.5. The van der Waals surface area contributed by atoms with Gasteiger partial charge < -0.3 is 9.47 Å². The molecule has 0 radical (unpaired) electrons. The summed E-state index contributed by atoms with van der Waals surface area (Å²) in [6.45, 7) is 3.04. The standard InChI is InChI=1S/C9H15N3O2/c1-2-3-12-4-8(10-11-12)5-14-9-6-13-7-9/h4,9H,2-3,5-7H2,1H3/i1D. The van der Waals surface area contributed by atoms with Crippen molar-refractivity contribution in [1.29, 1.82) is 0 Å². The minimum atomic E-state index is 0.225. The Labute approximate surface area is 84.4 Å². The topological polar surface area (TPSA) is 49.2 Å². The van der Waals surface area contributed by atoms with E-state index in [1.807, 2.05) is 6.20 Å². The average Bonchev–Trinajstić information content (AvgIpc) is 2.60. The summed E-state index contributed by atoms with van der Waals surface area (Å²) in [5.41, 5.74) is 0.840. The second-order valence-corrected chi connectivity index (χ2v) is 3.30. The molecule has 0 atom stereocenters. The minimum Gasteiger partial charge on any atom is -0.376 e. The van der Waals surface area contributed by atoms with E-state index in [4.69, 9.17) is 10.8 Å². The number of hydrogen-bond donors (Lipinski definition) is 0. The monoisotopic (exact) mass is 198 g/mol. The summed E-state index contributed by atoms with van der Waals surface area (Å²) < 4.78 is 19.3. The number of hydrogen-bond acceptors (Lipinski definition) is 4. The molecule has 0 aliphatic carbocycles. The van der Waals surface area contributed by atoms with Gasteiger partial charge in [0, 0.05) is 7.92 Å². The lowest BCUT2D eigenvalue weighted by Gasteiger charge is -2.25. The van der Waals surface area contributed by atoms with E-state index in [1.54, 1.807) is 4.68 Å². The van der Waals surface area contributed by atoms with Gasteiger partial charge in [0.15, 0.2) is 0 Å². The molecule has 0 saturated carbocycles. The smallest absolute Gasteiger partial charge is 0.108 e. The fourth-order valence-electron chi connectivity index (χ4n) is 1.19. The third kappa shape index (κ3) is 2.30. The molecule has 1 fully saturated rings. The maximum Gasteiger partial charge on any atom is 0.108 e. The highest BCUT2D eigenvalue weighted by atomic mass is 16.6. The van der Waals surface area contributed by atoms with E-state index in [2.05, 4.69) is 10.3 Å². The maximum absolute atomic E-state index is 7.03. The van der Waals surface area contributed by atoms with Crippen LogP contribution in [0.15, 0.2) is 6.20 Å². The lowest BCUT2D eigenvalue weighted by molar-refractivity contribution is -0.135. The summed E-state index contributed by atoms with van der Waals surface area (Å²) in [5.74, 6) is 0. The molecule has 1 aromatic rings. The van der Waals surface area contributed by atoms with Crippen molar-refractivity contribution in [2.75, 3.05) is 13.2 Å². The second-order valence-electron chi connectivity index (χ2n) is 3.30. The molecule has 1 aliphatic rings. The quantitative estimate of drug-likeness (QED) is 0.695. The first-order valence-corrected chi connectivity index (χ1v) is 4.76. The van der Waals surface area contributed by atoms with E-state index in [9.17, 15) is 0 Å². The van der Waals surface area contributed by atoms with Gasteiger partial charge in [-0.2, -0.15) is 0 Å². The molecule has 0 unspecified atom stereocenters. The molecule has 0 N–H and O–H groups in total. The highest BCUT2D eigenvalue weighted by Crippen LogP contribution is 2.08. The minimum absolute atomic E-state index is 0.225. The van der Waals surface area contributed by atoms with Gasteiger partial charge >= 0.3 is 0 Å². The number of rotatable bonds is 5. The van der Waals surface area contributed by atoms with Crippen LogP contribution >= 0.6 is 0 Å². The first-order chi connectivity index (χ1) is 7.38. The van der Waals surface area contributed by atoms with Crippen LogP contribution in [-0.2, 0) is 22.6 Å². The molecule has 14 heavy (non-hydrogen) atoms. The van der Waals surface area contributed by atoms with Crippen LogP contribution in [0.1, 0.15) is 20.4 Å². The average molecular weight is 198 g/mol. The highest BCUT2D eigenvalue weighted by molar-refractivity contribution is 4.89. The predicted molar refractivity (Wildman–Crippen MR) is 49.7 cm³/mol. The summed E-state index contributed by atoms with van der Waals surface area (Å²) in [5, 5.41) is 7.93. The van der Waals surface area contributed by atoms with Crippen LogP contribution in [0.5, 0.6) is 0 Å². The van der Waals surface area contributed by atoms with Gasteiger partial charge in [-0.1, -0.05) is 12.1 Å². The third-order valence-corrected chi connectivity index (χ3v) is 2.05. The molecule has 78 valence electrons. The lowest BCUT2D eigenvalue weighted by atomic mass is 10.3. The fraction of sp³-hybridized carbons (Fsp3) is 0.778. The lowest BCUT2D eigenvalue weighted by Crippen LogP contribution is -2.35. The molecule has 0 aromatic carbocycles. The van der Waals surface area contributed by atoms with E-state index >= 15 is 0 Å². The Morgan fingerprint density at radius 3 is 3.43 bits per heavy atom. The summed E-state index contributed by atoms with van der Waals surface area (Å²) in [4.78, 5) is 0. The van der Waals surface area contributed by atoms with Crippen LogP contribution in [0.3, 0.4) is 0 Å². The van der Waals surface area contributed by atoms with Crippen molar-refractivity contribution in [2.45, 2.75) is 32.6 Å². The van der Waals surface area contributed by atoms with Crippen molar-refractivity contribution < 1.29 is 10.8 Å². The van der Waals surface area contributed by atoms with Crippen molar-refractivity contribution in [3.8, 4) is 0 Å². The van der Waals surface area contributed by atoms with Crippen LogP contribution in [0.2, 0.25) is 0 Å². The Morgan fingerprint density at radius 2 is 2.71 bits per heavy atom. The van der Waals surface area contributed by atoms with Crippen LogP contribution < -0.4 is 0 Å². The molecule has 1 aromatic heterocycles. The Morgan fingerprint density at radius 1 is 1.79 bits per heavy atom. The summed E-state index contributed by atoms with van der Waals surface area (Å²) in [6.07, 6.45) is 2.90. The number of aromatic nitrogens is 3. The van der Waals surface area contributed by atoms with E-state index in [0.29, 0.717) is 26.7 Å². The second kappa shape index (κ2) is 4.52. The summed E-state index contributed by atoms with van der Waals surface area (Å²) in [7, 11) is 0. The number of ether oxygens (including phenoxy) is 2. The van der Waals surface area contributed by atoms with Crippen molar-refractivity contribution in [2.24, 2.45) is 0 Å². The molecule has 1 aliphatic heterocycles. The van der Waals surface area contributed by atoms with Gasteiger partial charge in [-0.25, -0.2) is 0 Å². The molecule has 0 spiro atoms. The largest absolute Gasteiger partial charge is 0.376 e. The molecular formula is C9H15N3O2. The SMILES string of the molecule is [2H]CCCn1cc(COC2COC2)nn1. The summed E-state index contributed by atoms with van der Waals surface area (Å²) >= 11 is 0. The van der Waals surface area contributed by atoms with Gasteiger partial charge in [-0.05, 0) is 6.42 Å². The molecule has 1 saturated heterocycles. The van der Waals surface area contributed by atoms with Gasteiger partial charge in [0.1, 0.15) is 11.8 Å². The van der Waals surface area contributed by atoms with Crippen LogP contribution in [0.25, 0.3) is 0 Å². The van der Waals surface area contributed by atoms with E-state index < -0.39 is 0 Å².